The molecule has 3 rings (SSSR count). The Morgan fingerprint density at radius 1 is 1.23 bits per heavy atom. The third kappa shape index (κ3) is 4.04. The summed E-state index contributed by atoms with van der Waals surface area (Å²) in [4.78, 5) is 22.4. The molecule has 0 saturated heterocycles. The van der Waals surface area contributed by atoms with Gasteiger partial charge in [-0.15, -0.1) is 0 Å². The average molecular weight is 351 g/mol. The molecular weight excluding hydrogens is 334 g/mol. The molecule has 0 fully saturated rings. The fraction of sp³-hybridized carbons (Fsp3) is 0.111. The number of benzene rings is 2. The smallest absolute Gasteiger partial charge is 0.319 e. The van der Waals surface area contributed by atoms with Crippen molar-refractivity contribution < 1.29 is 9.72 Å². The molecule has 2 N–H and O–H groups in total. The number of nitrogens with one attached hydrogen (secondary N) is 2. The highest BCUT2D eigenvalue weighted by Crippen LogP contribution is 2.21. The number of urea groups is 1. The van der Waals surface area contributed by atoms with E-state index in [1.54, 1.807) is 23.9 Å². The minimum absolute atomic E-state index is 0.0740. The SMILES string of the molecule is Cc1ccc([N+](=O)[O-])cc1NC(=O)NCc1cnn(-c2ccccc2)c1. The summed E-state index contributed by atoms with van der Waals surface area (Å²) in [5.74, 6) is 0. The van der Waals surface area contributed by atoms with Crippen molar-refractivity contribution in [2.45, 2.75) is 13.5 Å². The Labute approximate surface area is 149 Å². The number of carbonyl (C=O) groups is 1. The van der Waals surface area contributed by atoms with Gasteiger partial charge in [-0.2, -0.15) is 5.10 Å². The van der Waals surface area contributed by atoms with Gasteiger partial charge in [0.05, 0.1) is 22.5 Å². The molecule has 0 atom stereocenters. The van der Waals surface area contributed by atoms with Crippen LogP contribution in [0.4, 0.5) is 16.2 Å². The number of nitro benzene ring substituents is 1. The van der Waals surface area contributed by atoms with Gasteiger partial charge in [0.1, 0.15) is 0 Å². The highest BCUT2D eigenvalue weighted by molar-refractivity contribution is 5.90. The van der Waals surface area contributed by atoms with Crippen LogP contribution in [0.5, 0.6) is 0 Å². The van der Waals surface area contributed by atoms with E-state index >= 15 is 0 Å². The maximum absolute atomic E-state index is 12.1. The molecule has 2 amide bonds. The monoisotopic (exact) mass is 351 g/mol. The number of para-hydroxylation sites is 1. The van der Waals surface area contributed by atoms with Gasteiger partial charge >= 0.3 is 6.03 Å². The molecule has 8 nitrogen and oxygen atoms in total. The number of rotatable bonds is 5. The molecule has 26 heavy (non-hydrogen) atoms. The van der Waals surface area contributed by atoms with Crippen LogP contribution in [0.2, 0.25) is 0 Å². The summed E-state index contributed by atoms with van der Waals surface area (Å²) >= 11 is 0. The molecule has 0 aliphatic rings. The summed E-state index contributed by atoms with van der Waals surface area (Å²) in [6, 6.07) is 13.5. The number of carbonyl (C=O) groups excluding carboxylic acids is 1. The van der Waals surface area contributed by atoms with E-state index in [1.807, 2.05) is 36.5 Å². The van der Waals surface area contributed by atoms with Crippen LogP contribution in [-0.2, 0) is 6.54 Å². The van der Waals surface area contributed by atoms with E-state index in [0.717, 1.165) is 16.8 Å². The van der Waals surface area contributed by atoms with Crippen LogP contribution in [-0.4, -0.2) is 20.7 Å². The highest BCUT2D eigenvalue weighted by atomic mass is 16.6. The van der Waals surface area contributed by atoms with Crippen molar-refractivity contribution in [3.8, 4) is 5.69 Å². The largest absolute Gasteiger partial charge is 0.334 e. The number of nitro groups is 1. The van der Waals surface area contributed by atoms with Crippen LogP contribution in [0, 0.1) is 17.0 Å². The number of amides is 2. The summed E-state index contributed by atoms with van der Waals surface area (Å²) in [6.07, 6.45) is 3.50. The van der Waals surface area contributed by atoms with E-state index in [2.05, 4.69) is 15.7 Å². The second-order valence-corrected chi connectivity index (χ2v) is 5.69. The molecule has 0 radical (unpaired) electrons. The fourth-order valence-corrected chi connectivity index (χ4v) is 2.38. The maximum Gasteiger partial charge on any atom is 0.319 e. The third-order valence-electron chi connectivity index (χ3n) is 3.79. The Hall–Kier alpha value is -3.68. The first kappa shape index (κ1) is 17.2. The van der Waals surface area contributed by atoms with Crippen LogP contribution < -0.4 is 10.6 Å². The molecule has 8 heteroatoms. The van der Waals surface area contributed by atoms with Gasteiger partial charge in [-0.05, 0) is 24.6 Å². The summed E-state index contributed by atoms with van der Waals surface area (Å²) in [7, 11) is 0. The predicted molar refractivity (Wildman–Crippen MR) is 97.3 cm³/mol. The van der Waals surface area contributed by atoms with Crippen molar-refractivity contribution in [2.24, 2.45) is 0 Å². The molecule has 0 aliphatic heterocycles. The lowest BCUT2D eigenvalue weighted by Gasteiger charge is -2.09. The molecular formula is C18H17N5O3. The van der Waals surface area contributed by atoms with Crippen molar-refractivity contribution in [1.29, 1.82) is 0 Å². The molecule has 0 spiro atoms. The zero-order chi connectivity index (χ0) is 18.5. The Morgan fingerprint density at radius 2 is 2.00 bits per heavy atom. The van der Waals surface area contributed by atoms with Crippen LogP contribution in [0.25, 0.3) is 5.69 Å². The van der Waals surface area contributed by atoms with Gasteiger partial charge in [-0.25, -0.2) is 9.48 Å². The van der Waals surface area contributed by atoms with E-state index in [-0.39, 0.29) is 12.2 Å². The van der Waals surface area contributed by atoms with Crippen molar-refractivity contribution in [1.82, 2.24) is 15.1 Å². The second kappa shape index (κ2) is 7.47. The first-order valence-corrected chi connectivity index (χ1v) is 7.92. The molecule has 1 aromatic heterocycles. The van der Waals surface area contributed by atoms with Crippen LogP contribution >= 0.6 is 0 Å². The number of nitrogens with zero attached hydrogens (tertiary/aromatic N) is 3. The van der Waals surface area contributed by atoms with E-state index in [1.165, 1.54) is 12.1 Å². The van der Waals surface area contributed by atoms with Gasteiger partial charge in [-0.1, -0.05) is 24.3 Å². The van der Waals surface area contributed by atoms with Crippen molar-refractivity contribution in [3.63, 3.8) is 0 Å². The van der Waals surface area contributed by atoms with Crippen molar-refractivity contribution in [2.75, 3.05) is 5.32 Å². The molecule has 3 aromatic rings. The Balaban J connectivity index is 1.61. The number of aryl methyl sites for hydroxylation is 1. The topological polar surface area (TPSA) is 102 Å². The molecule has 2 aromatic carbocycles. The molecule has 0 unspecified atom stereocenters. The normalized spacial score (nSPS) is 10.3. The Bertz CT molecular complexity index is 937. The van der Waals surface area contributed by atoms with Gasteiger partial charge in [-0.3, -0.25) is 10.1 Å². The van der Waals surface area contributed by atoms with Gasteiger partial charge < -0.3 is 10.6 Å². The lowest BCUT2D eigenvalue weighted by molar-refractivity contribution is -0.384. The van der Waals surface area contributed by atoms with E-state index in [9.17, 15) is 14.9 Å². The number of anilines is 1. The van der Waals surface area contributed by atoms with Crippen molar-refractivity contribution in [3.05, 3.63) is 82.2 Å². The van der Waals surface area contributed by atoms with E-state index < -0.39 is 11.0 Å². The van der Waals surface area contributed by atoms with Gasteiger partial charge in [0.15, 0.2) is 0 Å². The third-order valence-corrected chi connectivity index (χ3v) is 3.79. The summed E-state index contributed by atoms with van der Waals surface area (Å²) in [5, 5.41) is 20.5. The Morgan fingerprint density at radius 3 is 2.73 bits per heavy atom. The highest BCUT2D eigenvalue weighted by Gasteiger charge is 2.11. The summed E-state index contributed by atoms with van der Waals surface area (Å²) in [5.41, 5.74) is 2.82. The van der Waals surface area contributed by atoms with E-state index in [0.29, 0.717) is 5.69 Å². The first-order chi connectivity index (χ1) is 12.5. The van der Waals surface area contributed by atoms with Gasteiger partial charge in [0.25, 0.3) is 5.69 Å². The summed E-state index contributed by atoms with van der Waals surface area (Å²) < 4.78 is 1.72. The standard InChI is InChI=1S/C18H17N5O3/c1-13-7-8-16(23(25)26)9-17(13)21-18(24)19-10-14-11-20-22(12-14)15-5-3-2-4-6-15/h2-9,11-12H,10H2,1H3,(H2,19,21,24). The Kier molecular flexibility index (Phi) is 4.93. The van der Waals surface area contributed by atoms with Gasteiger partial charge in [0, 0.05) is 30.4 Å². The number of aromatic nitrogens is 2. The maximum atomic E-state index is 12.1. The zero-order valence-corrected chi connectivity index (χ0v) is 14.0. The average Bonchev–Trinajstić information content (AvgIpc) is 3.11. The second-order valence-electron chi connectivity index (χ2n) is 5.69. The number of non-ortho nitro benzene ring substituents is 1. The molecule has 132 valence electrons. The van der Waals surface area contributed by atoms with Crippen LogP contribution in [0.3, 0.4) is 0 Å². The van der Waals surface area contributed by atoms with E-state index in [4.69, 9.17) is 0 Å². The zero-order valence-electron chi connectivity index (χ0n) is 14.0. The quantitative estimate of drug-likeness (QED) is 0.543. The minimum Gasteiger partial charge on any atom is -0.334 e. The summed E-state index contributed by atoms with van der Waals surface area (Å²) in [6.45, 7) is 2.05. The number of hydrogen-bond donors (Lipinski definition) is 2. The molecule has 1 heterocycles. The van der Waals surface area contributed by atoms with Crippen LogP contribution in [0.15, 0.2) is 60.9 Å². The van der Waals surface area contributed by atoms with Crippen LogP contribution in [0.1, 0.15) is 11.1 Å². The number of hydrogen-bond acceptors (Lipinski definition) is 4. The van der Waals surface area contributed by atoms with Crippen molar-refractivity contribution >= 4 is 17.4 Å². The molecule has 0 saturated carbocycles. The lowest BCUT2D eigenvalue weighted by atomic mass is 10.2. The minimum atomic E-state index is -0.500. The predicted octanol–water partition coefficient (Wildman–Crippen LogP) is 3.41. The molecule has 0 bridgehead atoms. The lowest BCUT2D eigenvalue weighted by Crippen LogP contribution is -2.28. The first-order valence-electron chi connectivity index (χ1n) is 7.92. The van der Waals surface area contributed by atoms with Gasteiger partial charge in [0.2, 0.25) is 0 Å². The fourth-order valence-electron chi connectivity index (χ4n) is 2.38. The molecule has 0 aliphatic carbocycles.